The number of amides is 2. The maximum absolute atomic E-state index is 12.0. The molecule has 1 aliphatic carbocycles. The Morgan fingerprint density at radius 2 is 1.59 bits per heavy atom. The standard InChI is InChI=1S/C22H24N2O4S/c1-15-5-8-18(9-6-15)23-21(26)13-29-14-22(27)28-12-20(25)24-19-10-7-16-3-2-4-17(16)11-19/h5-11H,2-4,12-14H2,1H3,(H,23,26)(H,24,25). The third-order valence-corrected chi connectivity index (χ3v) is 5.44. The third kappa shape index (κ3) is 6.64. The van der Waals surface area contributed by atoms with Gasteiger partial charge in [0.1, 0.15) is 0 Å². The van der Waals surface area contributed by atoms with Crippen LogP contribution < -0.4 is 10.6 Å². The molecule has 2 aromatic carbocycles. The molecule has 2 amide bonds. The minimum absolute atomic E-state index is 0.00738. The molecule has 0 aromatic heterocycles. The van der Waals surface area contributed by atoms with Crippen molar-refractivity contribution in [2.45, 2.75) is 26.2 Å². The summed E-state index contributed by atoms with van der Waals surface area (Å²) in [5.74, 6) is -0.959. The van der Waals surface area contributed by atoms with E-state index >= 15 is 0 Å². The van der Waals surface area contributed by atoms with Crippen molar-refractivity contribution in [1.82, 2.24) is 0 Å². The number of aryl methyl sites for hydroxylation is 3. The topological polar surface area (TPSA) is 84.5 Å². The fraction of sp³-hybridized carbons (Fsp3) is 0.318. The van der Waals surface area contributed by atoms with Crippen molar-refractivity contribution in [2.24, 2.45) is 0 Å². The predicted octanol–water partition coefficient (Wildman–Crippen LogP) is 3.34. The molecule has 6 nitrogen and oxygen atoms in total. The molecule has 0 fully saturated rings. The van der Waals surface area contributed by atoms with Gasteiger partial charge in [0.05, 0.1) is 11.5 Å². The highest BCUT2D eigenvalue weighted by Crippen LogP contribution is 2.24. The van der Waals surface area contributed by atoms with E-state index in [-0.39, 0.29) is 29.9 Å². The molecule has 2 aromatic rings. The second-order valence-electron chi connectivity index (χ2n) is 6.95. The Kier molecular flexibility index (Phi) is 7.30. The van der Waals surface area contributed by atoms with Crippen LogP contribution in [-0.4, -0.2) is 35.9 Å². The van der Waals surface area contributed by atoms with Crippen molar-refractivity contribution < 1.29 is 19.1 Å². The normalized spacial score (nSPS) is 12.2. The SMILES string of the molecule is Cc1ccc(NC(=O)CSCC(=O)OCC(=O)Nc2ccc3c(c2)CCC3)cc1. The molecule has 29 heavy (non-hydrogen) atoms. The Labute approximate surface area is 174 Å². The average molecular weight is 413 g/mol. The number of nitrogens with one attached hydrogen (secondary N) is 2. The molecular formula is C22H24N2O4S. The average Bonchev–Trinajstić information content (AvgIpc) is 3.16. The van der Waals surface area contributed by atoms with Crippen LogP contribution in [0.1, 0.15) is 23.1 Å². The Morgan fingerprint density at radius 3 is 2.38 bits per heavy atom. The number of carbonyl (C=O) groups excluding carboxylic acids is 3. The Hall–Kier alpha value is -2.80. The minimum atomic E-state index is -0.526. The van der Waals surface area contributed by atoms with E-state index in [2.05, 4.69) is 10.6 Å². The molecule has 2 N–H and O–H groups in total. The third-order valence-electron chi connectivity index (χ3n) is 4.53. The van der Waals surface area contributed by atoms with Crippen LogP contribution in [0.4, 0.5) is 11.4 Å². The van der Waals surface area contributed by atoms with Gasteiger partial charge >= 0.3 is 5.97 Å². The summed E-state index contributed by atoms with van der Waals surface area (Å²) in [6.45, 7) is 1.63. The molecule has 0 spiro atoms. The summed E-state index contributed by atoms with van der Waals surface area (Å²) in [7, 11) is 0. The lowest BCUT2D eigenvalue weighted by molar-refractivity contribution is -0.144. The fourth-order valence-electron chi connectivity index (χ4n) is 3.10. The number of fused-ring (bicyclic) bond motifs is 1. The molecule has 0 unspecified atom stereocenters. The monoisotopic (exact) mass is 412 g/mol. The van der Waals surface area contributed by atoms with Gasteiger partial charge in [-0.25, -0.2) is 0 Å². The second kappa shape index (κ2) is 10.1. The molecule has 0 heterocycles. The summed E-state index contributed by atoms with van der Waals surface area (Å²) in [5, 5.41) is 5.51. The highest BCUT2D eigenvalue weighted by Gasteiger charge is 2.13. The number of anilines is 2. The van der Waals surface area contributed by atoms with Crippen molar-refractivity contribution in [1.29, 1.82) is 0 Å². The van der Waals surface area contributed by atoms with Crippen molar-refractivity contribution in [3.05, 3.63) is 59.2 Å². The first-order valence-corrected chi connectivity index (χ1v) is 10.7. The van der Waals surface area contributed by atoms with E-state index in [1.54, 1.807) is 0 Å². The van der Waals surface area contributed by atoms with Crippen molar-refractivity contribution in [3.63, 3.8) is 0 Å². The lowest BCUT2D eigenvalue weighted by Crippen LogP contribution is -2.22. The van der Waals surface area contributed by atoms with Crippen LogP contribution in [0.5, 0.6) is 0 Å². The summed E-state index contributed by atoms with van der Waals surface area (Å²) in [6, 6.07) is 13.3. The smallest absolute Gasteiger partial charge is 0.316 e. The Bertz CT molecular complexity index is 896. The molecular weight excluding hydrogens is 388 g/mol. The van der Waals surface area contributed by atoms with Crippen molar-refractivity contribution >= 4 is 40.9 Å². The number of hydrogen-bond donors (Lipinski definition) is 2. The number of ether oxygens (including phenoxy) is 1. The summed E-state index contributed by atoms with van der Waals surface area (Å²) < 4.78 is 4.98. The van der Waals surface area contributed by atoms with E-state index in [0.29, 0.717) is 11.4 Å². The van der Waals surface area contributed by atoms with Gasteiger partial charge in [-0.05, 0) is 61.6 Å². The second-order valence-corrected chi connectivity index (χ2v) is 7.94. The zero-order chi connectivity index (χ0) is 20.6. The molecule has 0 radical (unpaired) electrons. The number of benzene rings is 2. The highest BCUT2D eigenvalue weighted by molar-refractivity contribution is 8.00. The van der Waals surface area contributed by atoms with Crippen LogP contribution in [0, 0.1) is 6.92 Å². The van der Waals surface area contributed by atoms with Gasteiger partial charge in [0.15, 0.2) is 6.61 Å². The van der Waals surface area contributed by atoms with E-state index in [4.69, 9.17) is 4.74 Å². The Balaban J connectivity index is 1.31. The highest BCUT2D eigenvalue weighted by atomic mass is 32.2. The lowest BCUT2D eigenvalue weighted by atomic mass is 10.1. The first-order chi connectivity index (χ1) is 14.0. The van der Waals surface area contributed by atoms with Crippen LogP contribution >= 0.6 is 11.8 Å². The van der Waals surface area contributed by atoms with E-state index in [0.717, 1.165) is 36.6 Å². The van der Waals surface area contributed by atoms with Gasteiger partial charge in [0, 0.05) is 11.4 Å². The van der Waals surface area contributed by atoms with Gasteiger partial charge in [-0.3, -0.25) is 14.4 Å². The zero-order valence-corrected chi connectivity index (χ0v) is 17.1. The predicted molar refractivity (Wildman–Crippen MR) is 115 cm³/mol. The molecule has 0 bridgehead atoms. The van der Waals surface area contributed by atoms with Gasteiger partial charge in [0.2, 0.25) is 5.91 Å². The molecule has 0 atom stereocenters. The van der Waals surface area contributed by atoms with E-state index in [9.17, 15) is 14.4 Å². The van der Waals surface area contributed by atoms with Gasteiger partial charge < -0.3 is 15.4 Å². The maximum atomic E-state index is 12.0. The number of thioether (sulfide) groups is 1. The molecule has 0 aliphatic heterocycles. The lowest BCUT2D eigenvalue weighted by Gasteiger charge is -2.08. The molecule has 152 valence electrons. The Morgan fingerprint density at radius 1 is 0.897 bits per heavy atom. The molecule has 3 rings (SSSR count). The number of esters is 1. The van der Waals surface area contributed by atoms with E-state index < -0.39 is 5.97 Å². The summed E-state index contributed by atoms with van der Waals surface area (Å²) in [4.78, 5) is 35.6. The van der Waals surface area contributed by atoms with Crippen molar-refractivity contribution in [2.75, 3.05) is 28.7 Å². The summed E-state index contributed by atoms with van der Waals surface area (Å²) in [5.41, 5.74) is 5.14. The van der Waals surface area contributed by atoms with Crippen LogP contribution in [0.25, 0.3) is 0 Å². The molecule has 0 saturated carbocycles. The van der Waals surface area contributed by atoms with Crippen LogP contribution in [0.3, 0.4) is 0 Å². The first kappa shape index (κ1) is 20.9. The fourth-order valence-corrected chi connectivity index (χ4v) is 3.71. The van der Waals surface area contributed by atoms with Gasteiger partial charge in [0.25, 0.3) is 5.91 Å². The van der Waals surface area contributed by atoms with Crippen LogP contribution in [0.2, 0.25) is 0 Å². The van der Waals surface area contributed by atoms with E-state index in [1.165, 1.54) is 11.1 Å². The van der Waals surface area contributed by atoms with Gasteiger partial charge in [-0.1, -0.05) is 23.8 Å². The maximum Gasteiger partial charge on any atom is 0.316 e. The zero-order valence-electron chi connectivity index (χ0n) is 16.3. The van der Waals surface area contributed by atoms with Crippen LogP contribution in [-0.2, 0) is 32.0 Å². The molecule has 1 aliphatic rings. The van der Waals surface area contributed by atoms with Crippen molar-refractivity contribution in [3.8, 4) is 0 Å². The molecule has 7 heteroatoms. The van der Waals surface area contributed by atoms with Gasteiger partial charge in [-0.15, -0.1) is 11.8 Å². The largest absolute Gasteiger partial charge is 0.455 e. The van der Waals surface area contributed by atoms with E-state index in [1.807, 2.05) is 49.4 Å². The molecule has 0 saturated heterocycles. The van der Waals surface area contributed by atoms with Gasteiger partial charge in [-0.2, -0.15) is 0 Å². The summed E-state index contributed by atoms with van der Waals surface area (Å²) >= 11 is 1.14. The van der Waals surface area contributed by atoms with Crippen LogP contribution in [0.15, 0.2) is 42.5 Å². The first-order valence-electron chi connectivity index (χ1n) is 9.51. The number of hydrogen-bond acceptors (Lipinski definition) is 5. The number of rotatable bonds is 8. The number of carbonyl (C=O) groups is 3. The summed E-state index contributed by atoms with van der Waals surface area (Å²) in [6.07, 6.45) is 3.26. The minimum Gasteiger partial charge on any atom is -0.455 e. The quantitative estimate of drug-likeness (QED) is 0.650.